The van der Waals surface area contributed by atoms with Crippen molar-refractivity contribution in [1.29, 1.82) is 0 Å². The molecule has 1 fully saturated rings. The van der Waals surface area contributed by atoms with Gasteiger partial charge in [0.25, 0.3) is 11.8 Å². The molecule has 0 radical (unpaired) electrons. The lowest BCUT2D eigenvalue weighted by atomic mass is 9.83. The van der Waals surface area contributed by atoms with Crippen LogP contribution in [0.2, 0.25) is 0 Å². The first kappa shape index (κ1) is 24.2. The van der Waals surface area contributed by atoms with E-state index in [1.165, 1.54) is 6.42 Å². The van der Waals surface area contributed by atoms with Gasteiger partial charge in [0.05, 0.1) is 0 Å². The molecule has 2 heterocycles. The number of nitrogens with zero attached hydrogens (tertiary/aromatic N) is 1. The van der Waals surface area contributed by atoms with E-state index in [4.69, 9.17) is 4.42 Å². The van der Waals surface area contributed by atoms with Crippen molar-refractivity contribution >= 4 is 17.7 Å². The number of amides is 3. The zero-order valence-electron chi connectivity index (χ0n) is 19.8. The maximum Gasteiger partial charge on any atom is 0.287 e. The maximum atomic E-state index is 12.9. The Morgan fingerprint density at radius 3 is 2.51 bits per heavy atom. The summed E-state index contributed by atoms with van der Waals surface area (Å²) in [5.74, 6) is 0.0435. The fourth-order valence-corrected chi connectivity index (χ4v) is 4.47. The number of furan rings is 1. The molecule has 2 aromatic heterocycles. The standard InChI is InChI=1S/C27H30N4O4/c1-28-27(34)24(19-7-3-2-4-8-19)31-26(33)23-11-10-22(35-23)21-9-5-6-18(16-21)17-30-25(32)20-12-14-29-15-13-20/h5-6,9-16,19,24H,2-4,7-8,17H2,1H3,(H,28,34)(H,30,32)(H,31,33)/t24-/m1/s1. The largest absolute Gasteiger partial charge is 0.451 e. The van der Waals surface area contributed by atoms with E-state index >= 15 is 0 Å². The van der Waals surface area contributed by atoms with Crippen molar-refractivity contribution < 1.29 is 18.8 Å². The predicted octanol–water partition coefficient (Wildman–Crippen LogP) is 3.70. The van der Waals surface area contributed by atoms with Gasteiger partial charge in [0.15, 0.2) is 5.76 Å². The lowest BCUT2D eigenvalue weighted by Gasteiger charge is -2.29. The SMILES string of the molecule is CNC(=O)[C@H](NC(=O)c1ccc(-c2cccc(CNC(=O)c3ccncc3)c2)o1)C1CCCCC1. The zero-order chi connectivity index (χ0) is 24.6. The Morgan fingerprint density at radius 2 is 1.77 bits per heavy atom. The van der Waals surface area contributed by atoms with E-state index in [1.807, 2.05) is 24.3 Å². The summed E-state index contributed by atoms with van der Waals surface area (Å²) in [6, 6.07) is 13.7. The molecule has 3 amide bonds. The molecule has 0 unspecified atom stereocenters. The van der Waals surface area contributed by atoms with Crippen LogP contribution in [0.5, 0.6) is 0 Å². The van der Waals surface area contributed by atoms with Gasteiger partial charge in [-0.15, -0.1) is 0 Å². The smallest absolute Gasteiger partial charge is 0.287 e. The molecular weight excluding hydrogens is 444 g/mol. The molecule has 0 spiro atoms. The molecule has 1 saturated carbocycles. The Hall–Kier alpha value is -3.94. The molecule has 1 aliphatic rings. The van der Waals surface area contributed by atoms with Crippen LogP contribution in [0.25, 0.3) is 11.3 Å². The molecule has 0 saturated heterocycles. The van der Waals surface area contributed by atoms with Crippen molar-refractivity contribution in [2.45, 2.75) is 44.7 Å². The number of rotatable bonds is 8. The van der Waals surface area contributed by atoms with Crippen molar-refractivity contribution in [3.8, 4) is 11.3 Å². The minimum atomic E-state index is -0.575. The summed E-state index contributed by atoms with van der Waals surface area (Å²) < 4.78 is 5.84. The number of carbonyl (C=O) groups is 3. The van der Waals surface area contributed by atoms with Crippen LogP contribution in [0.4, 0.5) is 0 Å². The van der Waals surface area contributed by atoms with Crippen molar-refractivity contribution in [3.63, 3.8) is 0 Å². The number of carbonyl (C=O) groups excluding carboxylic acids is 3. The van der Waals surface area contributed by atoms with Gasteiger partial charge in [-0.3, -0.25) is 19.4 Å². The highest BCUT2D eigenvalue weighted by Crippen LogP contribution is 2.28. The monoisotopic (exact) mass is 474 g/mol. The van der Waals surface area contributed by atoms with Crippen LogP contribution in [-0.4, -0.2) is 35.8 Å². The summed E-state index contributed by atoms with van der Waals surface area (Å²) in [6.45, 7) is 0.345. The van der Waals surface area contributed by atoms with Gasteiger partial charge in [0.2, 0.25) is 5.91 Å². The molecule has 35 heavy (non-hydrogen) atoms. The molecule has 3 N–H and O–H groups in total. The molecule has 1 atom stereocenters. The number of pyridine rings is 1. The number of nitrogens with one attached hydrogen (secondary N) is 3. The Labute approximate surface area is 204 Å². The maximum absolute atomic E-state index is 12.9. The van der Waals surface area contributed by atoms with Gasteiger partial charge in [-0.2, -0.15) is 0 Å². The number of hydrogen-bond acceptors (Lipinski definition) is 5. The van der Waals surface area contributed by atoms with Gasteiger partial charge in [-0.05, 0) is 54.7 Å². The normalized spacial score (nSPS) is 14.7. The summed E-state index contributed by atoms with van der Waals surface area (Å²) in [6.07, 6.45) is 8.30. The van der Waals surface area contributed by atoms with Gasteiger partial charge in [0.1, 0.15) is 11.8 Å². The predicted molar refractivity (Wildman–Crippen MR) is 131 cm³/mol. The second-order valence-corrected chi connectivity index (χ2v) is 8.75. The van der Waals surface area contributed by atoms with Gasteiger partial charge in [-0.1, -0.05) is 37.5 Å². The van der Waals surface area contributed by atoms with Gasteiger partial charge in [-0.25, -0.2) is 0 Å². The topological polar surface area (TPSA) is 113 Å². The van der Waals surface area contributed by atoms with Crippen LogP contribution in [0.15, 0.2) is 65.3 Å². The summed E-state index contributed by atoms with van der Waals surface area (Å²) in [5.41, 5.74) is 2.22. The second kappa shape index (κ2) is 11.5. The van der Waals surface area contributed by atoms with E-state index in [2.05, 4.69) is 20.9 Å². The minimum Gasteiger partial charge on any atom is -0.451 e. The van der Waals surface area contributed by atoms with Crippen molar-refractivity contribution in [3.05, 3.63) is 77.8 Å². The molecule has 182 valence electrons. The third-order valence-electron chi connectivity index (χ3n) is 6.37. The molecule has 4 rings (SSSR count). The Balaban J connectivity index is 1.41. The molecular formula is C27H30N4O4. The van der Waals surface area contributed by atoms with Gasteiger partial charge >= 0.3 is 0 Å². The zero-order valence-corrected chi connectivity index (χ0v) is 19.8. The molecule has 0 bridgehead atoms. The minimum absolute atomic E-state index is 0.126. The molecule has 3 aromatic rings. The Morgan fingerprint density at radius 1 is 1.00 bits per heavy atom. The van der Waals surface area contributed by atoms with E-state index in [-0.39, 0.29) is 23.5 Å². The van der Waals surface area contributed by atoms with Crippen LogP contribution in [0.1, 0.15) is 58.6 Å². The van der Waals surface area contributed by atoms with E-state index in [9.17, 15) is 14.4 Å². The first-order valence-electron chi connectivity index (χ1n) is 11.9. The van der Waals surface area contributed by atoms with Gasteiger partial charge in [0, 0.05) is 37.1 Å². The highest BCUT2D eigenvalue weighted by molar-refractivity contribution is 5.96. The van der Waals surface area contributed by atoms with E-state index in [0.717, 1.165) is 36.8 Å². The summed E-state index contributed by atoms with van der Waals surface area (Å²) >= 11 is 0. The number of likely N-dealkylation sites (N-methyl/N-ethyl adjacent to an activating group) is 1. The van der Waals surface area contributed by atoms with Crippen LogP contribution < -0.4 is 16.0 Å². The lowest BCUT2D eigenvalue weighted by molar-refractivity contribution is -0.124. The lowest BCUT2D eigenvalue weighted by Crippen LogP contribution is -2.50. The fraction of sp³-hybridized carbons (Fsp3) is 0.333. The van der Waals surface area contributed by atoms with Crippen molar-refractivity contribution in [1.82, 2.24) is 20.9 Å². The summed E-state index contributed by atoms with van der Waals surface area (Å²) in [4.78, 5) is 41.6. The first-order valence-corrected chi connectivity index (χ1v) is 11.9. The highest BCUT2D eigenvalue weighted by Gasteiger charge is 2.31. The van der Waals surface area contributed by atoms with Crippen LogP contribution in [0.3, 0.4) is 0 Å². The molecule has 8 nitrogen and oxygen atoms in total. The first-order chi connectivity index (χ1) is 17.0. The number of aromatic nitrogens is 1. The summed E-state index contributed by atoms with van der Waals surface area (Å²) in [5, 5.41) is 8.44. The van der Waals surface area contributed by atoms with E-state index < -0.39 is 11.9 Å². The van der Waals surface area contributed by atoms with Crippen molar-refractivity contribution in [2.75, 3.05) is 7.05 Å². The van der Waals surface area contributed by atoms with Gasteiger partial charge < -0.3 is 20.4 Å². The van der Waals surface area contributed by atoms with Crippen LogP contribution in [0, 0.1) is 5.92 Å². The quantitative estimate of drug-likeness (QED) is 0.461. The number of hydrogen-bond donors (Lipinski definition) is 3. The molecule has 1 aliphatic carbocycles. The highest BCUT2D eigenvalue weighted by atomic mass is 16.4. The Bertz CT molecular complexity index is 1170. The number of benzene rings is 1. The second-order valence-electron chi connectivity index (χ2n) is 8.75. The molecule has 0 aliphatic heterocycles. The van der Waals surface area contributed by atoms with Crippen LogP contribution >= 0.6 is 0 Å². The fourth-order valence-electron chi connectivity index (χ4n) is 4.47. The van der Waals surface area contributed by atoms with Crippen LogP contribution in [-0.2, 0) is 11.3 Å². The molecule has 1 aromatic carbocycles. The third-order valence-corrected chi connectivity index (χ3v) is 6.37. The van der Waals surface area contributed by atoms with E-state index in [0.29, 0.717) is 17.9 Å². The summed E-state index contributed by atoms with van der Waals surface area (Å²) in [7, 11) is 1.59. The average Bonchev–Trinajstić information content (AvgIpc) is 3.42. The third kappa shape index (κ3) is 6.15. The molecule has 8 heteroatoms. The van der Waals surface area contributed by atoms with E-state index in [1.54, 1.807) is 43.7 Å². The Kier molecular flexibility index (Phi) is 7.92. The average molecular weight is 475 g/mol. The van der Waals surface area contributed by atoms with Crippen molar-refractivity contribution in [2.24, 2.45) is 5.92 Å².